The number of benzene rings is 1. The van der Waals surface area contributed by atoms with E-state index in [4.69, 9.17) is 14.2 Å². The zero-order valence-corrected chi connectivity index (χ0v) is 15.1. The van der Waals surface area contributed by atoms with Crippen LogP contribution in [0.4, 0.5) is 0 Å². The molecular formula is C19H29NO4. The molecule has 0 aliphatic carbocycles. The molecule has 0 spiro atoms. The molecule has 1 aromatic carbocycles. The van der Waals surface area contributed by atoms with Gasteiger partial charge in [-0.3, -0.25) is 4.79 Å². The molecule has 1 aliphatic rings. The number of rotatable bonds is 7. The predicted molar refractivity (Wildman–Crippen MR) is 93.6 cm³/mol. The molecular weight excluding hydrogens is 306 g/mol. The van der Waals surface area contributed by atoms with E-state index in [-0.39, 0.29) is 18.1 Å². The van der Waals surface area contributed by atoms with Crippen molar-refractivity contribution in [3.8, 4) is 11.5 Å². The number of nitrogens with one attached hydrogen (secondary N) is 1. The average molecular weight is 335 g/mol. The number of carbonyl (C=O) groups is 1. The number of carbonyl (C=O) groups excluding carboxylic acids is 1. The van der Waals surface area contributed by atoms with Crippen LogP contribution in [0.25, 0.3) is 0 Å². The van der Waals surface area contributed by atoms with Gasteiger partial charge in [0.05, 0.1) is 20.3 Å². The molecule has 24 heavy (non-hydrogen) atoms. The van der Waals surface area contributed by atoms with E-state index in [2.05, 4.69) is 19.2 Å². The van der Waals surface area contributed by atoms with Gasteiger partial charge in [-0.15, -0.1) is 0 Å². The normalized spacial score (nSPS) is 20.7. The van der Waals surface area contributed by atoms with E-state index < -0.39 is 0 Å². The largest absolute Gasteiger partial charge is 0.497 e. The van der Waals surface area contributed by atoms with Gasteiger partial charge in [0.2, 0.25) is 5.91 Å². The third-order valence-electron chi connectivity index (χ3n) is 4.48. The second-order valence-corrected chi connectivity index (χ2v) is 6.66. The van der Waals surface area contributed by atoms with Crippen molar-refractivity contribution in [2.75, 3.05) is 20.8 Å². The van der Waals surface area contributed by atoms with Crippen molar-refractivity contribution < 1.29 is 19.0 Å². The van der Waals surface area contributed by atoms with Crippen molar-refractivity contribution in [1.82, 2.24) is 5.32 Å². The van der Waals surface area contributed by atoms with E-state index in [1.54, 1.807) is 14.2 Å². The molecule has 0 bridgehead atoms. The van der Waals surface area contributed by atoms with Crippen molar-refractivity contribution >= 4 is 5.91 Å². The van der Waals surface area contributed by atoms with Gasteiger partial charge in [-0.05, 0) is 42.9 Å². The standard InChI is InChI=1S/C19H29NO4/c1-13(2)18-11-15(7-8-24-18)20-19(21)6-5-14-9-16(22-3)12-17(10-14)23-4/h9-10,12-13,15,18H,5-8,11H2,1-4H3,(H,20,21). The van der Waals surface area contributed by atoms with Gasteiger partial charge >= 0.3 is 0 Å². The third kappa shape index (κ3) is 5.41. The Bertz CT molecular complexity index is 522. The van der Waals surface area contributed by atoms with Gasteiger partial charge in [0.1, 0.15) is 11.5 Å². The molecule has 1 fully saturated rings. The maximum absolute atomic E-state index is 12.3. The van der Waals surface area contributed by atoms with Crippen LogP contribution in [-0.4, -0.2) is 38.9 Å². The first-order valence-corrected chi connectivity index (χ1v) is 8.64. The lowest BCUT2D eigenvalue weighted by Gasteiger charge is -2.32. The lowest BCUT2D eigenvalue weighted by molar-refractivity contribution is -0.123. The fourth-order valence-corrected chi connectivity index (χ4v) is 2.99. The smallest absolute Gasteiger partial charge is 0.220 e. The molecule has 1 saturated heterocycles. The van der Waals surface area contributed by atoms with Crippen LogP contribution in [0.2, 0.25) is 0 Å². The summed E-state index contributed by atoms with van der Waals surface area (Å²) in [4.78, 5) is 12.3. The highest BCUT2D eigenvalue weighted by molar-refractivity contribution is 5.76. The Morgan fingerprint density at radius 3 is 2.50 bits per heavy atom. The summed E-state index contributed by atoms with van der Waals surface area (Å²) in [5.74, 6) is 2.06. The first-order chi connectivity index (χ1) is 11.5. The lowest BCUT2D eigenvalue weighted by Crippen LogP contribution is -2.43. The molecule has 1 heterocycles. The number of methoxy groups -OCH3 is 2. The van der Waals surface area contributed by atoms with Crippen LogP contribution in [0.3, 0.4) is 0 Å². The highest BCUT2D eigenvalue weighted by Gasteiger charge is 2.25. The van der Waals surface area contributed by atoms with Gasteiger partial charge in [-0.1, -0.05) is 13.8 Å². The number of ether oxygens (including phenoxy) is 3. The first kappa shape index (κ1) is 18.6. The molecule has 5 heteroatoms. The van der Waals surface area contributed by atoms with Gasteiger partial charge in [0.25, 0.3) is 0 Å². The zero-order valence-electron chi connectivity index (χ0n) is 15.1. The van der Waals surface area contributed by atoms with E-state index in [1.165, 1.54) is 0 Å². The van der Waals surface area contributed by atoms with Crippen LogP contribution in [0, 0.1) is 5.92 Å². The Balaban J connectivity index is 1.85. The van der Waals surface area contributed by atoms with Crippen LogP contribution in [0.15, 0.2) is 18.2 Å². The van der Waals surface area contributed by atoms with Crippen LogP contribution >= 0.6 is 0 Å². The first-order valence-electron chi connectivity index (χ1n) is 8.64. The fourth-order valence-electron chi connectivity index (χ4n) is 2.99. The quantitative estimate of drug-likeness (QED) is 0.832. The number of aryl methyl sites for hydroxylation is 1. The van der Waals surface area contributed by atoms with Crippen molar-refractivity contribution in [2.24, 2.45) is 5.92 Å². The van der Waals surface area contributed by atoms with Crippen LogP contribution < -0.4 is 14.8 Å². The summed E-state index contributed by atoms with van der Waals surface area (Å²) in [5, 5.41) is 3.15. The molecule has 1 aliphatic heterocycles. The second-order valence-electron chi connectivity index (χ2n) is 6.66. The van der Waals surface area contributed by atoms with Crippen LogP contribution in [0.5, 0.6) is 11.5 Å². The summed E-state index contributed by atoms with van der Waals surface area (Å²) in [6.45, 7) is 5.04. The average Bonchev–Trinajstić information content (AvgIpc) is 2.59. The minimum atomic E-state index is 0.0891. The van der Waals surface area contributed by atoms with E-state index in [1.807, 2.05) is 18.2 Å². The highest BCUT2D eigenvalue weighted by Crippen LogP contribution is 2.23. The topological polar surface area (TPSA) is 56.8 Å². The molecule has 0 aromatic heterocycles. The van der Waals surface area contributed by atoms with Crippen LogP contribution in [0.1, 0.15) is 38.7 Å². The molecule has 0 saturated carbocycles. The third-order valence-corrected chi connectivity index (χ3v) is 4.48. The molecule has 2 atom stereocenters. The van der Waals surface area contributed by atoms with Gasteiger partial charge in [0, 0.05) is 25.1 Å². The Hall–Kier alpha value is -1.75. The van der Waals surface area contributed by atoms with E-state index in [0.29, 0.717) is 18.8 Å². The molecule has 2 rings (SSSR count). The number of amides is 1. The van der Waals surface area contributed by atoms with E-state index in [0.717, 1.165) is 36.5 Å². The number of hydrogen-bond donors (Lipinski definition) is 1. The lowest BCUT2D eigenvalue weighted by atomic mass is 9.95. The molecule has 2 unspecified atom stereocenters. The summed E-state index contributed by atoms with van der Waals surface area (Å²) in [6.07, 6.45) is 3.15. The van der Waals surface area contributed by atoms with Crippen molar-refractivity contribution in [3.63, 3.8) is 0 Å². The Labute approximate surface area is 144 Å². The predicted octanol–water partition coefficient (Wildman–Crippen LogP) is 2.96. The van der Waals surface area contributed by atoms with E-state index in [9.17, 15) is 4.79 Å². The number of hydrogen-bond acceptors (Lipinski definition) is 4. The summed E-state index contributed by atoms with van der Waals surface area (Å²) < 4.78 is 16.3. The van der Waals surface area contributed by atoms with Crippen molar-refractivity contribution in [1.29, 1.82) is 0 Å². The van der Waals surface area contributed by atoms with Gasteiger partial charge in [-0.25, -0.2) is 0 Å². The zero-order chi connectivity index (χ0) is 17.5. The summed E-state index contributed by atoms with van der Waals surface area (Å²) in [7, 11) is 3.25. The molecule has 134 valence electrons. The molecule has 0 radical (unpaired) electrons. The van der Waals surface area contributed by atoms with Gasteiger partial charge in [-0.2, -0.15) is 0 Å². The monoisotopic (exact) mass is 335 g/mol. The van der Waals surface area contributed by atoms with Crippen LogP contribution in [-0.2, 0) is 16.0 Å². The Kier molecular flexibility index (Phi) is 6.91. The maximum atomic E-state index is 12.3. The Morgan fingerprint density at radius 1 is 1.25 bits per heavy atom. The summed E-state index contributed by atoms with van der Waals surface area (Å²) >= 11 is 0. The summed E-state index contributed by atoms with van der Waals surface area (Å²) in [5.41, 5.74) is 1.04. The van der Waals surface area contributed by atoms with Gasteiger partial charge in [0.15, 0.2) is 0 Å². The molecule has 1 aromatic rings. The molecule has 1 N–H and O–H groups in total. The second kappa shape index (κ2) is 8.92. The van der Waals surface area contributed by atoms with Crippen molar-refractivity contribution in [2.45, 2.75) is 51.7 Å². The van der Waals surface area contributed by atoms with Gasteiger partial charge < -0.3 is 19.5 Å². The fraction of sp³-hybridized carbons (Fsp3) is 0.632. The van der Waals surface area contributed by atoms with Crippen molar-refractivity contribution in [3.05, 3.63) is 23.8 Å². The minimum absolute atomic E-state index is 0.0891. The summed E-state index contributed by atoms with van der Waals surface area (Å²) in [6, 6.07) is 5.94. The maximum Gasteiger partial charge on any atom is 0.220 e. The highest BCUT2D eigenvalue weighted by atomic mass is 16.5. The molecule has 1 amide bonds. The Morgan fingerprint density at radius 2 is 1.92 bits per heavy atom. The minimum Gasteiger partial charge on any atom is -0.497 e. The molecule has 5 nitrogen and oxygen atoms in total. The SMILES string of the molecule is COc1cc(CCC(=O)NC2CCOC(C(C)C)C2)cc(OC)c1. The van der Waals surface area contributed by atoms with E-state index >= 15 is 0 Å².